The van der Waals surface area contributed by atoms with Crippen LogP contribution < -0.4 is 0 Å². The van der Waals surface area contributed by atoms with Crippen LogP contribution >= 0.6 is 11.3 Å². The zero-order chi connectivity index (χ0) is 14.1. The first-order valence-electron chi connectivity index (χ1n) is 6.58. The molecule has 0 saturated heterocycles. The average molecular weight is 288 g/mol. The number of hydrogen-bond acceptors (Lipinski definition) is 4. The Hall–Kier alpha value is -1.72. The maximum Gasteiger partial charge on any atom is 0.321 e. The Morgan fingerprint density at radius 1 is 1.45 bits per heavy atom. The van der Waals surface area contributed by atoms with E-state index in [-0.39, 0.29) is 0 Å². The fourth-order valence-corrected chi connectivity index (χ4v) is 3.43. The Balaban J connectivity index is 1.86. The number of benzene rings is 1. The van der Waals surface area contributed by atoms with Crippen LogP contribution in [0.5, 0.6) is 0 Å². The third kappa shape index (κ3) is 2.59. The van der Waals surface area contributed by atoms with E-state index in [9.17, 15) is 9.90 Å². The van der Waals surface area contributed by atoms with E-state index < -0.39 is 12.0 Å². The van der Waals surface area contributed by atoms with Crippen LogP contribution in [-0.4, -0.2) is 27.0 Å². The quantitative estimate of drug-likeness (QED) is 0.942. The van der Waals surface area contributed by atoms with Crippen LogP contribution in [-0.2, 0) is 24.3 Å². The molecule has 0 bridgehead atoms. The maximum atomic E-state index is 11.5. The number of rotatable bonds is 3. The number of thiazole rings is 1. The molecule has 20 heavy (non-hydrogen) atoms. The van der Waals surface area contributed by atoms with Gasteiger partial charge in [0.05, 0.1) is 6.54 Å². The second-order valence-electron chi connectivity index (χ2n) is 5.11. The second-order valence-corrected chi connectivity index (χ2v) is 6.06. The predicted octanol–water partition coefficient (Wildman–Crippen LogP) is 2.46. The van der Waals surface area contributed by atoms with Gasteiger partial charge >= 0.3 is 5.97 Å². The molecule has 104 valence electrons. The summed E-state index contributed by atoms with van der Waals surface area (Å²) in [6, 6.07) is 7.61. The molecule has 0 unspecified atom stereocenters. The predicted molar refractivity (Wildman–Crippen MR) is 77.7 cm³/mol. The summed E-state index contributed by atoms with van der Waals surface area (Å²) in [7, 11) is 0. The molecule has 1 aliphatic rings. The molecule has 0 saturated carbocycles. The van der Waals surface area contributed by atoms with Gasteiger partial charge in [-0.15, -0.1) is 11.3 Å². The topological polar surface area (TPSA) is 53.4 Å². The number of carboxylic acid groups (broad SMARTS) is 1. The smallest absolute Gasteiger partial charge is 0.321 e. The van der Waals surface area contributed by atoms with E-state index in [1.165, 1.54) is 5.56 Å². The summed E-state index contributed by atoms with van der Waals surface area (Å²) in [6.07, 6.45) is 0.565. The van der Waals surface area contributed by atoms with Crippen LogP contribution in [0, 0.1) is 6.92 Å². The lowest BCUT2D eigenvalue weighted by Crippen LogP contribution is -2.44. The molecule has 4 nitrogen and oxygen atoms in total. The zero-order valence-corrected chi connectivity index (χ0v) is 12.1. The molecule has 1 aliphatic heterocycles. The summed E-state index contributed by atoms with van der Waals surface area (Å²) in [4.78, 5) is 18.0. The third-order valence-corrected chi connectivity index (χ3v) is 4.59. The van der Waals surface area contributed by atoms with Crippen LogP contribution in [0.2, 0.25) is 0 Å². The second kappa shape index (κ2) is 5.34. The minimum atomic E-state index is -0.757. The van der Waals surface area contributed by atoms with Gasteiger partial charge in [-0.05, 0) is 24.5 Å². The summed E-state index contributed by atoms with van der Waals surface area (Å²) in [5.74, 6) is -0.757. The van der Waals surface area contributed by atoms with Crippen molar-refractivity contribution in [1.82, 2.24) is 9.88 Å². The number of aromatic nitrogens is 1. The molecule has 5 heteroatoms. The molecule has 0 fully saturated rings. The highest BCUT2D eigenvalue weighted by Crippen LogP contribution is 2.25. The number of hydrogen-bond donors (Lipinski definition) is 1. The van der Waals surface area contributed by atoms with Crippen LogP contribution in [0.15, 0.2) is 29.6 Å². The first-order chi connectivity index (χ1) is 9.63. The highest BCUT2D eigenvalue weighted by Gasteiger charge is 2.31. The number of nitrogens with zero attached hydrogens (tertiary/aromatic N) is 2. The van der Waals surface area contributed by atoms with Crippen molar-refractivity contribution in [2.45, 2.75) is 32.5 Å². The fraction of sp³-hybridized carbons (Fsp3) is 0.333. The van der Waals surface area contributed by atoms with Gasteiger partial charge in [0.15, 0.2) is 0 Å². The van der Waals surface area contributed by atoms with Gasteiger partial charge in [-0.2, -0.15) is 0 Å². The summed E-state index contributed by atoms with van der Waals surface area (Å²) in [6.45, 7) is 3.23. The van der Waals surface area contributed by atoms with E-state index in [4.69, 9.17) is 0 Å². The largest absolute Gasteiger partial charge is 0.480 e. The van der Waals surface area contributed by atoms with Crippen LogP contribution in [0.3, 0.4) is 0 Å². The van der Waals surface area contributed by atoms with E-state index in [2.05, 4.69) is 11.1 Å². The summed E-state index contributed by atoms with van der Waals surface area (Å²) < 4.78 is 0. The van der Waals surface area contributed by atoms with Gasteiger partial charge in [-0.25, -0.2) is 4.98 Å². The highest BCUT2D eigenvalue weighted by atomic mass is 32.1. The molecule has 0 amide bonds. The van der Waals surface area contributed by atoms with Gasteiger partial charge in [0.1, 0.15) is 11.0 Å². The Labute approximate surface area is 121 Å². The minimum Gasteiger partial charge on any atom is -0.480 e. The fourth-order valence-electron chi connectivity index (χ4n) is 2.64. The van der Waals surface area contributed by atoms with Crippen LogP contribution in [0.1, 0.15) is 21.8 Å². The highest BCUT2D eigenvalue weighted by molar-refractivity contribution is 7.09. The number of carbonyl (C=O) groups is 1. The number of aliphatic carboxylic acids is 1. The molecular formula is C15H16N2O2S. The molecular weight excluding hydrogens is 272 g/mol. The molecule has 3 rings (SSSR count). The summed E-state index contributed by atoms with van der Waals surface area (Å²) in [5, 5.41) is 12.4. The summed E-state index contributed by atoms with van der Waals surface area (Å²) in [5.41, 5.74) is 3.36. The van der Waals surface area contributed by atoms with Crippen molar-refractivity contribution in [1.29, 1.82) is 0 Å². The third-order valence-electron chi connectivity index (χ3n) is 3.64. The summed E-state index contributed by atoms with van der Waals surface area (Å²) >= 11 is 1.59. The van der Waals surface area contributed by atoms with Gasteiger partial charge in [0.2, 0.25) is 0 Å². The SMILES string of the molecule is Cc1csc(CN2Cc3ccccc3C[C@H]2C(=O)O)n1. The van der Waals surface area contributed by atoms with E-state index in [1.807, 2.05) is 35.4 Å². The Bertz CT molecular complexity index is 638. The Morgan fingerprint density at radius 2 is 2.20 bits per heavy atom. The van der Waals surface area contributed by atoms with Crippen molar-refractivity contribution in [3.8, 4) is 0 Å². The monoisotopic (exact) mass is 288 g/mol. The van der Waals surface area contributed by atoms with E-state index in [0.717, 1.165) is 16.3 Å². The minimum absolute atomic E-state index is 0.464. The van der Waals surface area contributed by atoms with Gasteiger partial charge in [0.25, 0.3) is 0 Å². The van der Waals surface area contributed by atoms with Gasteiger partial charge in [0, 0.05) is 17.6 Å². The standard InChI is InChI=1S/C15H16N2O2S/c1-10-9-20-14(16-10)8-17-7-12-5-3-2-4-11(12)6-13(17)15(18)19/h2-5,9,13H,6-8H2,1H3,(H,18,19)/t13-/m0/s1. The average Bonchev–Trinajstić information content (AvgIpc) is 2.83. The maximum absolute atomic E-state index is 11.5. The lowest BCUT2D eigenvalue weighted by atomic mass is 9.94. The number of aryl methyl sites for hydroxylation is 1. The van der Waals surface area contributed by atoms with E-state index >= 15 is 0 Å². The lowest BCUT2D eigenvalue weighted by molar-refractivity contribution is -0.144. The molecule has 0 spiro atoms. The van der Waals surface area contributed by atoms with Gasteiger partial charge in [-0.1, -0.05) is 24.3 Å². The number of fused-ring (bicyclic) bond motifs is 1. The zero-order valence-electron chi connectivity index (χ0n) is 11.2. The lowest BCUT2D eigenvalue weighted by Gasteiger charge is -2.33. The molecule has 1 aromatic carbocycles. The van der Waals surface area contributed by atoms with Gasteiger partial charge < -0.3 is 5.11 Å². The molecule has 0 aliphatic carbocycles. The van der Waals surface area contributed by atoms with Crippen molar-refractivity contribution in [3.63, 3.8) is 0 Å². The molecule has 1 aromatic heterocycles. The van der Waals surface area contributed by atoms with Crippen molar-refractivity contribution in [3.05, 3.63) is 51.5 Å². The van der Waals surface area contributed by atoms with Gasteiger partial charge in [-0.3, -0.25) is 9.69 Å². The first-order valence-corrected chi connectivity index (χ1v) is 7.46. The van der Waals surface area contributed by atoms with E-state index in [0.29, 0.717) is 19.5 Å². The molecule has 1 atom stereocenters. The number of carboxylic acids is 1. The van der Waals surface area contributed by atoms with E-state index in [1.54, 1.807) is 11.3 Å². The van der Waals surface area contributed by atoms with Crippen molar-refractivity contribution in [2.75, 3.05) is 0 Å². The van der Waals surface area contributed by atoms with Crippen LogP contribution in [0.4, 0.5) is 0 Å². The molecule has 2 heterocycles. The molecule has 2 aromatic rings. The van der Waals surface area contributed by atoms with Crippen molar-refractivity contribution in [2.24, 2.45) is 0 Å². The Kier molecular flexibility index (Phi) is 3.54. The molecule has 0 radical (unpaired) electrons. The van der Waals surface area contributed by atoms with Crippen LogP contribution in [0.25, 0.3) is 0 Å². The van der Waals surface area contributed by atoms with Crippen molar-refractivity contribution < 1.29 is 9.90 Å². The molecule has 1 N–H and O–H groups in total. The van der Waals surface area contributed by atoms with Crippen molar-refractivity contribution >= 4 is 17.3 Å². The first kappa shape index (κ1) is 13.3. The Morgan fingerprint density at radius 3 is 2.85 bits per heavy atom. The normalized spacial score (nSPS) is 18.8.